The molecule has 0 aliphatic carbocycles. The molecule has 0 atom stereocenters. The van der Waals surface area contributed by atoms with Crippen LogP contribution in [-0.2, 0) is 6.54 Å². The second-order valence-corrected chi connectivity index (χ2v) is 7.77. The summed E-state index contributed by atoms with van der Waals surface area (Å²) in [6.45, 7) is 2.51. The van der Waals surface area contributed by atoms with E-state index in [4.69, 9.17) is 0 Å². The summed E-state index contributed by atoms with van der Waals surface area (Å²) in [7, 11) is 0. The fraction of sp³-hybridized carbons (Fsp3) is 0.174. The van der Waals surface area contributed by atoms with Crippen molar-refractivity contribution in [2.75, 3.05) is 5.32 Å². The van der Waals surface area contributed by atoms with E-state index in [9.17, 15) is 14.7 Å². The monoisotopic (exact) mass is 419 g/mol. The van der Waals surface area contributed by atoms with Gasteiger partial charge in [0, 0.05) is 22.9 Å². The third-order valence-corrected chi connectivity index (χ3v) is 5.66. The maximum absolute atomic E-state index is 13.1. The van der Waals surface area contributed by atoms with Crippen LogP contribution in [-0.4, -0.2) is 20.6 Å². The van der Waals surface area contributed by atoms with Crippen LogP contribution in [0.15, 0.2) is 64.8 Å². The van der Waals surface area contributed by atoms with Crippen LogP contribution in [0.4, 0.5) is 5.13 Å². The van der Waals surface area contributed by atoms with Crippen molar-refractivity contribution in [3.63, 3.8) is 0 Å². The smallest absolute Gasteiger partial charge is 0.267 e. The SMILES string of the molecule is CCCCn1c(=O)c(C(=O)Nc2nc(-c3ccccc3)cs2)c(O)c2ccccc21. The fourth-order valence-corrected chi connectivity index (χ4v) is 4.08. The Bertz CT molecular complexity index is 1260. The number of anilines is 1. The minimum absolute atomic E-state index is 0.263. The van der Waals surface area contributed by atoms with Crippen molar-refractivity contribution in [3.8, 4) is 17.0 Å². The maximum atomic E-state index is 13.1. The van der Waals surface area contributed by atoms with Crippen molar-refractivity contribution < 1.29 is 9.90 Å². The first-order valence-electron chi connectivity index (χ1n) is 9.77. The third-order valence-electron chi connectivity index (χ3n) is 4.90. The number of rotatable bonds is 6. The summed E-state index contributed by atoms with van der Waals surface area (Å²) >= 11 is 1.27. The van der Waals surface area contributed by atoms with E-state index in [0.29, 0.717) is 22.6 Å². The molecule has 2 aromatic carbocycles. The summed E-state index contributed by atoms with van der Waals surface area (Å²) in [4.78, 5) is 30.5. The first-order chi connectivity index (χ1) is 14.6. The van der Waals surface area contributed by atoms with Gasteiger partial charge in [-0.3, -0.25) is 14.9 Å². The van der Waals surface area contributed by atoms with Gasteiger partial charge < -0.3 is 9.67 Å². The van der Waals surface area contributed by atoms with Crippen molar-refractivity contribution >= 4 is 33.3 Å². The standard InChI is InChI=1S/C23H21N3O3S/c1-2-3-13-26-18-12-8-7-11-16(18)20(27)19(22(26)29)21(28)25-23-24-17(14-30-23)15-9-5-4-6-10-15/h4-12,14,27H,2-3,13H2,1H3,(H,24,25,28). The highest BCUT2D eigenvalue weighted by atomic mass is 32.1. The predicted octanol–water partition coefficient (Wildman–Crippen LogP) is 4.88. The second-order valence-electron chi connectivity index (χ2n) is 6.91. The Morgan fingerprint density at radius 1 is 1.13 bits per heavy atom. The molecule has 4 aromatic rings. The Kier molecular flexibility index (Phi) is 5.63. The molecule has 2 aromatic heterocycles. The number of amides is 1. The van der Waals surface area contributed by atoms with Gasteiger partial charge in [-0.15, -0.1) is 11.3 Å². The summed E-state index contributed by atoms with van der Waals surface area (Å²) in [5.74, 6) is -0.969. The molecule has 0 fully saturated rings. The molecular weight excluding hydrogens is 398 g/mol. The molecule has 0 saturated heterocycles. The summed E-state index contributed by atoms with van der Waals surface area (Å²) in [5.41, 5.74) is 1.52. The minimum Gasteiger partial charge on any atom is -0.506 e. The van der Waals surface area contributed by atoms with Crippen molar-refractivity contribution in [3.05, 3.63) is 75.9 Å². The molecule has 0 aliphatic rings. The normalized spacial score (nSPS) is 11.0. The largest absolute Gasteiger partial charge is 0.506 e. The average Bonchev–Trinajstić information content (AvgIpc) is 3.23. The van der Waals surface area contributed by atoms with E-state index in [1.807, 2.05) is 48.7 Å². The molecule has 6 nitrogen and oxygen atoms in total. The number of thiazole rings is 1. The van der Waals surface area contributed by atoms with E-state index in [0.717, 1.165) is 24.1 Å². The molecule has 0 spiro atoms. The van der Waals surface area contributed by atoms with Gasteiger partial charge in [-0.2, -0.15) is 0 Å². The van der Waals surface area contributed by atoms with Gasteiger partial charge in [0.2, 0.25) is 0 Å². The van der Waals surface area contributed by atoms with Gasteiger partial charge in [0.1, 0.15) is 11.3 Å². The number of nitrogens with one attached hydrogen (secondary N) is 1. The number of aryl methyl sites for hydroxylation is 1. The highest BCUT2D eigenvalue weighted by molar-refractivity contribution is 7.14. The lowest BCUT2D eigenvalue weighted by atomic mass is 10.1. The Balaban J connectivity index is 1.71. The molecule has 0 radical (unpaired) electrons. The van der Waals surface area contributed by atoms with Gasteiger partial charge >= 0.3 is 0 Å². The zero-order valence-electron chi connectivity index (χ0n) is 16.5. The summed E-state index contributed by atoms with van der Waals surface area (Å²) in [6, 6.07) is 16.7. The molecule has 0 aliphatic heterocycles. The number of unbranched alkanes of at least 4 members (excludes halogenated alkanes) is 1. The summed E-state index contributed by atoms with van der Waals surface area (Å²) in [6.07, 6.45) is 1.70. The van der Waals surface area contributed by atoms with Crippen LogP contribution >= 0.6 is 11.3 Å². The zero-order valence-corrected chi connectivity index (χ0v) is 17.3. The Morgan fingerprint density at radius 3 is 2.63 bits per heavy atom. The van der Waals surface area contributed by atoms with Gasteiger partial charge in [-0.25, -0.2) is 4.98 Å². The minimum atomic E-state index is -0.664. The van der Waals surface area contributed by atoms with Crippen LogP contribution in [0.5, 0.6) is 5.75 Å². The van der Waals surface area contributed by atoms with Crippen LogP contribution < -0.4 is 10.9 Å². The van der Waals surface area contributed by atoms with E-state index >= 15 is 0 Å². The molecule has 2 N–H and O–H groups in total. The molecule has 152 valence electrons. The summed E-state index contributed by atoms with van der Waals surface area (Å²) < 4.78 is 1.56. The highest BCUT2D eigenvalue weighted by Gasteiger charge is 2.23. The Labute approximate surface area is 177 Å². The molecule has 4 rings (SSSR count). The second kappa shape index (κ2) is 8.51. The molecule has 0 bridgehead atoms. The van der Waals surface area contributed by atoms with Gasteiger partial charge in [-0.1, -0.05) is 55.8 Å². The van der Waals surface area contributed by atoms with E-state index < -0.39 is 11.5 Å². The highest BCUT2D eigenvalue weighted by Crippen LogP contribution is 2.29. The quantitative estimate of drug-likeness (QED) is 0.466. The maximum Gasteiger partial charge on any atom is 0.267 e. The van der Waals surface area contributed by atoms with Crippen LogP contribution in [0.2, 0.25) is 0 Å². The fourth-order valence-electron chi connectivity index (χ4n) is 3.36. The third kappa shape index (κ3) is 3.71. The predicted molar refractivity (Wildman–Crippen MR) is 120 cm³/mol. The van der Waals surface area contributed by atoms with Crippen molar-refractivity contribution in [2.24, 2.45) is 0 Å². The average molecular weight is 420 g/mol. The van der Waals surface area contributed by atoms with Gasteiger partial charge in [0.15, 0.2) is 5.13 Å². The van der Waals surface area contributed by atoms with Crippen LogP contribution in [0.25, 0.3) is 22.2 Å². The number of benzene rings is 2. The molecule has 1 amide bonds. The molecule has 0 saturated carbocycles. The lowest BCUT2D eigenvalue weighted by molar-refractivity contribution is 0.102. The van der Waals surface area contributed by atoms with E-state index in [2.05, 4.69) is 10.3 Å². The number of para-hydroxylation sites is 1. The Morgan fingerprint density at radius 2 is 1.87 bits per heavy atom. The topological polar surface area (TPSA) is 84.2 Å². The number of aromatic hydroxyl groups is 1. The molecule has 2 heterocycles. The summed E-state index contributed by atoms with van der Waals surface area (Å²) in [5, 5.41) is 16.1. The van der Waals surface area contributed by atoms with E-state index in [1.165, 1.54) is 11.3 Å². The van der Waals surface area contributed by atoms with Crippen LogP contribution in [0.1, 0.15) is 30.1 Å². The van der Waals surface area contributed by atoms with Crippen molar-refractivity contribution in [2.45, 2.75) is 26.3 Å². The van der Waals surface area contributed by atoms with E-state index in [1.54, 1.807) is 22.8 Å². The molecule has 30 heavy (non-hydrogen) atoms. The Hall–Kier alpha value is -3.45. The van der Waals surface area contributed by atoms with Crippen molar-refractivity contribution in [1.29, 1.82) is 0 Å². The number of carbonyl (C=O) groups is 1. The lowest BCUT2D eigenvalue weighted by Gasteiger charge is -2.14. The number of hydrogen-bond donors (Lipinski definition) is 2. The number of pyridine rings is 1. The molecule has 7 heteroatoms. The number of hydrogen-bond acceptors (Lipinski definition) is 5. The van der Waals surface area contributed by atoms with Gasteiger partial charge in [-0.05, 0) is 18.6 Å². The van der Waals surface area contributed by atoms with Gasteiger partial charge in [0.05, 0.1) is 11.2 Å². The number of fused-ring (bicyclic) bond motifs is 1. The number of aromatic nitrogens is 2. The van der Waals surface area contributed by atoms with Crippen LogP contribution in [0.3, 0.4) is 0 Å². The lowest BCUT2D eigenvalue weighted by Crippen LogP contribution is -2.30. The number of nitrogens with zero attached hydrogens (tertiary/aromatic N) is 2. The van der Waals surface area contributed by atoms with Crippen LogP contribution in [0, 0.1) is 0 Å². The first kappa shape index (κ1) is 19.8. The van der Waals surface area contributed by atoms with E-state index in [-0.39, 0.29) is 11.3 Å². The number of carbonyl (C=O) groups excluding carboxylic acids is 1. The zero-order chi connectivity index (χ0) is 21.1. The molecular formula is C23H21N3O3S. The van der Waals surface area contributed by atoms with Gasteiger partial charge in [0.25, 0.3) is 11.5 Å². The first-order valence-corrected chi connectivity index (χ1v) is 10.6. The molecule has 0 unspecified atom stereocenters. The van der Waals surface area contributed by atoms with Crippen molar-refractivity contribution in [1.82, 2.24) is 9.55 Å².